The highest BCUT2D eigenvalue weighted by molar-refractivity contribution is 6.29. The van der Waals surface area contributed by atoms with Gasteiger partial charge in [0, 0.05) is 56.9 Å². The third-order valence-electron chi connectivity index (χ3n) is 15.9. The molecule has 21 heteroatoms. The highest BCUT2D eigenvalue weighted by Crippen LogP contribution is 2.35. The summed E-state index contributed by atoms with van der Waals surface area (Å²) in [6.07, 6.45) is 8.32. The molecule has 2 aliphatic rings. The molecular formula is C74H83ClN14O6. The van der Waals surface area contributed by atoms with E-state index in [2.05, 4.69) is 93.6 Å². The Hall–Kier alpha value is -10.2. The number of pyridine rings is 2. The lowest BCUT2D eigenvalue weighted by Gasteiger charge is -2.15. The number of ether oxygens (including phenoxy) is 2. The molecule has 2 aliphatic heterocycles. The second kappa shape index (κ2) is 31.2. The van der Waals surface area contributed by atoms with Gasteiger partial charge in [-0.05, 0) is 150 Å². The van der Waals surface area contributed by atoms with Gasteiger partial charge in [-0.15, -0.1) is 11.6 Å². The number of amides is 6. The zero-order chi connectivity index (χ0) is 67.1. The Morgan fingerprint density at radius 1 is 0.495 bits per heavy atom. The van der Waals surface area contributed by atoms with E-state index >= 15 is 0 Å². The molecular weight excluding hydrogens is 1220 g/mol. The molecule has 20 nitrogen and oxygen atoms in total. The number of nitrogens with one attached hydrogen (secondary N) is 7. The van der Waals surface area contributed by atoms with E-state index in [1.807, 2.05) is 166 Å². The van der Waals surface area contributed by atoms with Crippen molar-refractivity contribution < 1.29 is 28.7 Å². The van der Waals surface area contributed by atoms with Crippen LogP contribution in [0.15, 0.2) is 170 Å². The standard InChI is InChI=1S/C37H41N7O3.C33H33ClN6O3.C4H9N/c1-25-11-13-27(14-12-25)44-34(22-32(42-44)37(2,3)4)41-36(46)39-30-15-16-31(29-10-6-5-9-28(29)30)47-24-26-17-18-38-33(21-26)40-35(45)23-43-19-7-8-20-43;1-21-9-11-23(12-10-21)40-30(18-28(39-40)33(2,3)4)38-32(42)36-26-13-14-27(25-8-6-5-7-24(25)26)43-20-22-15-16-35-29(17-22)37-31(41)19-34;1-2-4-5-3-1/h5-6,9-18,21-22H,7-8,19-20,23-24H2,1-4H3,(H,38,40,45)(H2,39,41,46);5-18H,19-20H2,1-4H3,(H,35,37,41)(H2,36,38,42);5H,1-4H2. The number of carbonyl (C=O) groups excluding carboxylic acids is 4. The lowest BCUT2D eigenvalue weighted by Crippen LogP contribution is -2.31. The number of nitrogens with zero attached hydrogens (tertiary/aromatic N) is 7. The number of urea groups is 2. The summed E-state index contributed by atoms with van der Waals surface area (Å²) in [5.41, 5.74) is 8.30. The van der Waals surface area contributed by atoms with E-state index in [0.717, 1.165) is 92.5 Å². The molecule has 10 aromatic rings. The van der Waals surface area contributed by atoms with Crippen LogP contribution in [0.2, 0.25) is 0 Å². The van der Waals surface area contributed by atoms with Crippen LogP contribution in [0.25, 0.3) is 32.9 Å². The molecule has 0 radical (unpaired) electrons. The van der Waals surface area contributed by atoms with Crippen molar-refractivity contribution in [2.45, 2.75) is 105 Å². The first-order chi connectivity index (χ1) is 45.7. The molecule has 0 bridgehead atoms. The monoisotopic (exact) mass is 1300 g/mol. The largest absolute Gasteiger partial charge is 0.488 e. The number of benzene rings is 6. The Bertz CT molecular complexity index is 4290. The summed E-state index contributed by atoms with van der Waals surface area (Å²) >= 11 is 5.58. The molecule has 492 valence electrons. The minimum Gasteiger partial charge on any atom is -0.488 e. The highest BCUT2D eigenvalue weighted by Gasteiger charge is 2.25. The lowest BCUT2D eigenvalue weighted by molar-refractivity contribution is -0.117. The Morgan fingerprint density at radius 3 is 1.32 bits per heavy atom. The summed E-state index contributed by atoms with van der Waals surface area (Å²) in [5.74, 6) is 2.82. The SMILES string of the molecule is C1CCNC1.Cc1ccc(-n2nc(C(C)(C)C)cc2NC(=O)Nc2ccc(OCc3ccnc(NC(=O)CCl)c3)c3ccccc23)cc1.Cc1ccc(-n2nc(C(C)(C)C)cc2NC(=O)Nc2ccc(OCc3ccnc(NC(=O)CN4CCCC4)c3)c3ccccc23)cc1. The average molecular weight is 1300 g/mol. The summed E-state index contributed by atoms with van der Waals surface area (Å²) in [4.78, 5) is 61.4. The maximum atomic E-state index is 13.4. The van der Waals surface area contributed by atoms with Gasteiger partial charge in [-0.3, -0.25) is 25.1 Å². The van der Waals surface area contributed by atoms with E-state index in [1.54, 1.807) is 27.8 Å². The fourth-order valence-electron chi connectivity index (χ4n) is 10.7. The number of aryl methyl sites for hydroxylation is 2. The van der Waals surface area contributed by atoms with Crippen LogP contribution in [-0.4, -0.2) is 96.9 Å². The number of anilines is 6. The topological polar surface area (TPSA) is 236 Å². The lowest BCUT2D eigenvalue weighted by atomic mass is 9.92. The van der Waals surface area contributed by atoms with Crippen molar-refractivity contribution in [2.24, 2.45) is 0 Å². The van der Waals surface area contributed by atoms with Crippen LogP contribution >= 0.6 is 11.6 Å². The second-order valence-electron chi connectivity index (χ2n) is 25.6. The molecule has 0 aliphatic carbocycles. The number of likely N-dealkylation sites (tertiary alicyclic amines) is 1. The molecule has 0 unspecified atom stereocenters. The van der Waals surface area contributed by atoms with Crippen molar-refractivity contribution in [1.29, 1.82) is 0 Å². The molecule has 7 N–H and O–H groups in total. The summed E-state index contributed by atoms with van der Waals surface area (Å²) in [7, 11) is 0. The first-order valence-electron chi connectivity index (χ1n) is 32.0. The molecule has 6 aromatic carbocycles. The Labute approximate surface area is 559 Å². The van der Waals surface area contributed by atoms with Gasteiger partial charge in [-0.25, -0.2) is 28.9 Å². The van der Waals surface area contributed by atoms with Gasteiger partial charge < -0.3 is 36.1 Å². The second-order valence-corrected chi connectivity index (χ2v) is 25.9. The maximum Gasteiger partial charge on any atom is 0.324 e. The molecule has 4 aromatic heterocycles. The van der Waals surface area contributed by atoms with Gasteiger partial charge in [-0.2, -0.15) is 10.2 Å². The van der Waals surface area contributed by atoms with Crippen molar-refractivity contribution in [2.75, 3.05) is 70.5 Å². The van der Waals surface area contributed by atoms with Gasteiger partial charge in [0.05, 0.1) is 40.7 Å². The van der Waals surface area contributed by atoms with E-state index in [1.165, 1.54) is 25.9 Å². The number of fused-ring (bicyclic) bond motifs is 2. The van der Waals surface area contributed by atoms with Crippen molar-refractivity contribution >= 4 is 91.7 Å². The minimum absolute atomic E-state index is 0.0650. The van der Waals surface area contributed by atoms with Crippen LogP contribution in [0.5, 0.6) is 11.5 Å². The predicted molar refractivity (Wildman–Crippen MR) is 380 cm³/mol. The van der Waals surface area contributed by atoms with Crippen molar-refractivity contribution in [3.05, 3.63) is 204 Å². The van der Waals surface area contributed by atoms with E-state index in [4.69, 9.17) is 31.3 Å². The van der Waals surface area contributed by atoms with Crippen molar-refractivity contribution in [3.8, 4) is 22.9 Å². The molecule has 0 atom stereocenters. The summed E-state index contributed by atoms with van der Waals surface area (Å²) in [6.45, 7) is 21.9. The van der Waals surface area contributed by atoms with Gasteiger partial charge in [0.25, 0.3) is 0 Å². The number of rotatable bonds is 17. The smallest absolute Gasteiger partial charge is 0.324 e. The van der Waals surface area contributed by atoms with Crippen LogP contribution < -0.4 is 46.7 Å². The quantitative estimate of drug-likeness (QED) is 0.0422. The molecule has 12 rings (SSSR count). The fraction of sp³-hybridized carbons (Fsp3) is 0.297. The molecule has 0 spiro atoms. The van der Waals surface area contributed by atoms with Crippen LogP contribution in [0.3, 0.4) is 0 Å². The van der Waals surface area contributed by atoms with Crippen molar-refractivity contribution in [1.82, 2.24) is 39.7 Å². The fourth-order valence-corrected chi connectivity index (χ4v) is 10.8. The van der Waals surface area contributed by atoms with Gasteiger partial charge in [0.15, 0.2) is 0 Å². The predicted octanol–water partition coefficient (Wildman–Crippen LogP) is 15.1. The van der Waals surface area contributed by atoms with E-state index in [0.29, 0.717) is 52.7 Å². The zero-order valence-corrected chi connectivity index (χ0v) is 55.9. The van der Waals surface area contributed by atoms with Crippen LogP contribution in [0, 0.1) is 13.8 Å². The van der Waals surface area contributed by atoms with Gasteiger partial charge in [0.2, 0.25) is 11.8 Å². The van der Waals surface area contributed by atoms with Crippen LogP contribution in [-0.2, 0) is 33.6 Å². The minimum atomic E-state index is -0.393. The summed E-state index contributed by atoms with van der Waals surface area (Å²) in [5, 5.41) is 33.8. The Balaban J connectivity index is 0.000000193. The normalized spacial score (nSPS) is 13.0. The first kappa shape index (κ1) is 67.7. The Morgan fingerprint density at radius 2 is 0.916 bits per heavy atom. The number of hydrogen-bond donors (Lipinski definition) is 7. The third kappa shape index (κ3) is 18.6. The van der Waals surface area contributed by atoms with Crippen LogP contribution in [0.1, 0.15) is 101 Å². The molecule has 2 fully saturated rings. The molecule has 0 saturated carbocycles. The van der Waals surface area contributed by atoms with Gasteiger partial charge in [0.1, 0.15) is 53.9 Å². The summed E-state index contributed by atoms with van der Waals surface area (Å²) < 4.78 is 15.9. The number of halogens is 1. The summed E-state index contributed by atoms with van der Waals surface area (Å²) in [6, 6.07) is 49.1. The van der Waals surface area contributed by atoms with Gasteiger partial charge in [-0.1, -0.05) is 125 Å². The van der Waals surface area contributed by atoms with E-state index < -0.39 is 6.03 Å². The molecule has 95 heavy (non-hydrogen) atoms. The van der Waals surface area contributed by atoms with Crippen LogP contribution in [0.4, 0.5) is 44.2 Å². The molecule has 2 saturated heterocycles. The molecule has 6 amide bonds. The number of alkyl halides is 1. The number of carbonyl (C=O) groups is 4. The van der Waals surface area contributed by atoms with E-state index in [9.17, 15) is 19.2 Å². The zero-order valence-electron chi connectivity index (χ0n) is 55.1. The molecule has 6 heterocycles. The van der Waals surface area contributed by atoms with Crippen molar-refractivity contribution in [3.63, 3.8) is 0 Å². The number of hydrogen-bond acceptors (Lipinski definition) is 12. The van der Waals surface area contributed by atoms with E-state index in [-0.39, 0.29) is 47.8 Å². The maximum absolute atomic E-state index is 13.4. The Kier molecular flexibility index (Phi) is 22.2. The average Bonchev–Trinajstić information content (AvgIpc) is 1.70. The third-order valence-corrected chi connectivity index (χ3v) is 16.1. The highest BCUT2D eigenvalue weighted by atomic mass is 35.5. The number of aromatic nitrogens is 6. The van der Waals surface area contributed by atoms with Gasteiger partial charge >= 0.3 is 12.1 Å². The first-order valence-corrected chi connectivity index (χ1v) is 32.6.